The highest BCUT2D eigenvalue weighted by Gasteiger charge is 2.27. The van der Waals surface area contributed by atoms with Crippen molar-refractivity contribution in [3.63, 3.8) is 0 Å². The fraction of sp³-hybridized carbons (Fsp3) is 0.500. The van der Waals surface area contributed by atoms with Gasteiger partial charge in [-0.15, -0.1) is 0 Å². The summed E-state index contributed by atoms with van der Waals surface area (Å²) in [7, 11) is 3.72. The van der Waals surface area contributed by atoms with Gasteiger partial charge in [-0.1, -0.05) is 0 Å². The molecule has 7 heteroatoms. The lowest BCUT2D eigenvalue weighted by Crippen LogP contribution is -2.07. The zero-order valence-corrected chi connectivity index (χ0v) is 11.1. The largest absolute Gasteiger partial charge is 0.373 e. The summed E-state index contributed by atoms with van der Waals surface area (Å²) < 4.78 is 1.69. The average Bonchev–Trinajstić information content (AvgIpc) is 3.19. The van der Waals surface area contributed by atoms with Crippen molar-refractivity contribution in [3.8, 4) is 0 Å². The molecule has 0 aromatic carbocycles. The molecule has 2 aromatic rings. The van der Waals surface area contributed by atoms with Crippen LogP contribution >= 0.6 is 0 Å². The molecule has 0 spiro atoms. The number of anilines is 2. The molecule has 1 aliphatic carbocycles. The van der Waals surface area contributed by atoms with E-state index in [9.17, 15) is 0 Å². The molecular weight excluding hydrogens is 242 g/mol. The van der Waals surface area contributed by atoms with E-state index in [2.05, 4.69) is 30.7 Å². The number of nitrogens with one attached hydrogen (secondary N) is 2. The molecule has 1 fully saturated rings. The highest BCUT2D eigenvalue weighted by molar-refractivity contribution is 5.47. The van der Waals surface area contributed by atoms with Crippen LogP contribution in [0.2, 0.25) is 0 Å². The molecule has 2 heterocycles. The molecule has 0 saturated heterocycles. The zero-order chi connectivity index (χ0) is 13.2. The maximum absolute atomic E-state index is 4.54. The molecule has 1 saturated carbocycles. The Kier molecular flexibility index (Phi) is 3.02. The van der Waals surface area contributed by atoms with E-state index in [-0.39, 0.29) is 0 Å². The maximum atomic E-state index is 4.54. The van der Waals surface area contributed by atoms with E-state index in [0.717, 1.165) is 23.3 Å². The Hall–Kier alpha value is -2.18. The maximum Gasteiger partial charge on any atom is 0.169 e. The molecule has 100 valence electrons. The van der Waals surface area contributed by atoms with Gasteiger partial charge in [0.2, 0.25) is 0 Å². The van der Waals surface area contributed by atoms with Gasteiger partial charge >= 0.3 is 0 Å². The Morgan fingerprint density at radius 2 is 2.11 bits per heavy atom. The normalized spacial score (nSPS) is 14.4. The molecule has 1 aliphatic rings. The highest BCUT2D eigenvalue weighted by atomic mass is 15.3. The summed E-state index contributed by atoms with van der Waals surface area (Å²) in [6.45, 7) is 0.561. The summed E-state index contributed by atoms with van der Waals surface area (Å²) >= 11 is 0. The summed E-state index contributed by atoms with van der Waals surface area (Å²) in [5.41, 5.74) is 0. The molecular formula is C12H17N7. The predicted molar refractivity (Wildman–Crippen MR) is 71.9 cm³/mol. The number of rotatable bonds is 5. The van der Waals surface area contributed by atoms with Gasteiger partial charge in [-0.05, 0) is 12.8 Å². The van der Waals surface area contributed by atoms with Gasteiger partial charge < -0.3 is 10.6 Å². The summed E-state index contributed by atoms with van der Waals surface area (Å²) in [6, 6.07) is 1.90. The number of hydrogen-bond acceptors (Lipinski definition) is 6. The third-order valence-corrected chi connectivity index (χ3v) is 3.02. The minimum atomic E-state index is 0.529. The molecule has 7 nitrogen and oxygen atoms in total. The van der Waals surface area contributed by atoms with Gasteiger partial charge in [-0.25, -0.2) is 15.0 Å². The van der Waals surface area contributed by atoms with E-state index >= 15 is 0 Å². The summed E-state index contributed by atoms with van der Waals surface area (Å²) in [4.78, 5) is 13.2. The van der Waals surface area contributed by atoms with Crippen LogP contribution in [0, 0.1) is 0 Å². The van der Waals surface area contributed by atoms with Crippen LogP contribution in [-0.2, 0) is 13.6 Å². The molecule has 0 amide bonds. The minimum absolute atomic E-state index is 0.529. The lowest BCUT2D eigenvalue weighted by atomic mass is 10.3. The van der Waals surface area contributed by atoms with Crippen LogP contribution in [0.15, 0.2) is 12.4 Å². The van der Waals surface area contributed by atoms with Gasteiger partial charge in [-0.2, -0.15) is 5.10 Å². The number of hydrogen-bond donors (Lipinski definition) is 2. The second-order valence-electron chi connectivity index (χ2n) is 4.71. The van der Waals surface area contributed by atoms with Crippen LogP contribution in [0.25, 0.3) is 0 Å². The first-order valence-electron chi connectivity index (χ1n) is 6.39. The molecule has 0 radical (unpaired) electrons. The van der Waals surface area contributed by atoms with Crippen LogP contribution in [0.4, 0.5) is 11.6 Å². The van der Waals surface area contributed by atoms with Gasteiger partial charge in [0.05, 0.1) is 6.54 Å². The van der Waals surface area contributed by atoms with Crippen molar-refractivity contribution in [1.82, 2.24) is 24.7 Å². The van der Waals surface area contributed by atoms with Crippen molar-refractivity contribution in [1.29, 1.82) is 0 Å². The van der Waals surface area contributed by atoms with Crippen molar-refractivity contribution in [2.75, 3.05) is 17.7 Å². The van der Waals surface area contributed by atoms with Gasteiger partial charge in [0, 0.05) is 26.1 Å². The lowest BCUT2D eigenvalue weighted by molar-refractivity contribution is 0.746. The molecule has 19 heavy (non-hydrogen) atoms. The van der Waals surface area contributed by atoms with Crippen molar-refractivity contribution in [2.24, 2.45) is 7.05 Å². The Bertz CT molecular complexity index is 573. The van der Waals surface area contributed by atoms with Crippen molar-refractivity contribution >= 4 is 11.6 Å². The predicted octanol–water partition coefficient (Wildman–Crippen LogP) is 1.14. The standard InChI is InChI=1S/C12H17N7/c1-13-9-5-10(17-12(16-9)8-3-4-8)14-6-11-15-7-19(2)18-11/h5,7-8H,3-4,6H2,1-2H3,(H2,13,14,16,17). The average molecular weight is 259 g/mol. The van der Waals surface area contributed by atoms with Crippen LogP contribution in [-0.4, -0.2) is 31.8 Å². The first kappa shape index (κ1) is 11.9. The summed E-state index contributed by atoms with van der Waals surface area (Å²) in [5.74, 6) is 3.85. The van der Waals surface area contributed by atoms with Crippen LogP contribution in [0.1, 0.15) is 30.4 Å². The number of aryl methyl sites for hydroxylation is 1. The molecule has 3 rings (SSSR count). The van der Waals surface area contributed by atoms with Crippen molar-refractivity contribution in [3.05, 3.63) is 24.0 Å². The van der Waals surface area contributed by atoms with Crippen molar-refractivity contribution < 1.29 is 0 Å². The SMILES string of the molecule is CNc1cc(NCc2ncn(C)n2)nc(C2CC2)n1. The molecule has 0 aliphatic heterocycles. The Morgan fingerprint density at radius 3 is 2.74 bits per heavy atom. The van der Waals surface area contributed by atoms with E-state index in [1.54, 1.807) is 11.0 Å². The summed E-state index contributed by atoms with van der Waals surface area (Å²) in [5, 5.41) is 10.5. The topological polar surface area (TPSA) is 80.5 Å². The summed E-state index contributed by atoms with van der Waals surface area (Å²) in [6.07, 6.45) is 4.06. The van der Waals surface area contributed by atoms with Gasteiger partial charge in [-0.3, -0.25) is 4.68 Å². The van der Waals surface area contributed by atoms with Gasteiger partial charge in [0.25, 0.3) is 0 Å². The molecule has 2 aromatic heterocycles. The van der Waals surface area contributed by atoms with E-state index in [0.29, 0.717) is 12.5 Å². The van der Waals surface area contributed by atoms with E-state index in [1.165, 1.54) is 12.8 Å². The number of nitrogens with zero attached hydrogens (tertiary/aromatic N) is 5. The molecule has 0 unspecified atom stereocenters. The Labute approximate surface area is 111 Å². The fourth-order valence-electron chi connectivity index (χ4n) is 1.84. The monoisotopic (exact) mass is 259 g/mol. The smallest absolute Gasteiger partial charge is 0.169 e. The third kappa shape index (κ3) is 2.81. The lowest BCUT2D eigenvalue weighted by Gasteiger charge is -2.08. The highest BCUT2D eigenvalue weighted by Crippen LogP contribution is 2.38. The number of aromatic nitrogens is 5. The van der Waals surface area contributed by atoms with Crippen LogP contribution in [0.5, 0.6) is 0 Å². The van der Waals surface area contributed by atoms with Crippen LogP contribution < -0.4 is 10.6 Å². The third-order valence-electron chi connectivity index (χ3n) is 3.02. The second-order valence-corrected chi connectivity index (χ2v) is 4.71. The van der Waals surface area contributed by atoms with Gasteiger partial charge in [0.15, 0.2) is 5.82 Å². The Morgan fingerprint density at radius 1 is 1.32 bits per heavy atom. The van der Waals surface area contributed by atoms with E-state index in [1.807, 2.05) is 20.2 Å². The van der Waals surface area contributed by atoms with Crippen molar-refractivity contribution in [2.45, 2.75) is 25.3 Å². The zero-order valence-electron chi connectivity index (χ0n) is 11.1. The molecule has 0 atom stereocenters. The van der Waals surface area contributed by atoms with E-state index in [4.69, 9.17) is 0 Å². The fourth-order valence-corrected chi connectivity index (χ4v) is 1.84. The molecule has 0 bridgehead atoms. The first-order chi connectivity index (χ1) is 9.24. The Balaban J connectivity index is 1.74. The first-order valence-corrected chi connectivity index (χ1v) is 6.39. The van der Waals surface area contributed by atoms with Crippen LogP contribution in [0.3, 0.4) is 0 Å². The quantitative estimate of drug-likeness (QED) is 0.838. The van der Waals surface area contributed by atoms with Gasteiger partial charge in [0.1, 0.15) is 23.8 Å². The van der Waals surface area contributed by atoms with E-state index < -0.39 is 0 Å². The second kappa shape index (κ2) is 4.83. The molecule has 2 N–H and O–H groups in total. The minimum Gasteiger partial charge on any atom is -0.373 e.